The fourth-order valence-corrected chi connectivity index (χ4v) is 3.11. The van der Waals surface area contributed by atoms with E-state index in [0.717, 1.165) is 41.9 Å². The summed E-state index contributed by atoms with van der Waals surface area (Å²) >= 11 is 3.71. The molecule has 1 aromatic carbocycles. The first kappa shape index (κ1) is 15.9. The lowest BCUT2D eigenvalue weighted by atomic mass is 10.2. The van der Waals surface area contributed by atoms with Crippen LogP contribution in [0.1, 0.15) is 32.2 Å². The first-order valence-electron chi connectivity index (χ1n) is 7.45. The maximum absolute atomic E-state index is 5.77. The number of hydrogen-bond donors (Lipinski definition) is 1. The van der Waals surface area contributed by atoms with E-state index in [1.54, 1.807) is 0 Å². The van der Waals surface area contributed by atoms with Crippen LogP contribution in [0, 0.1) is 0 Å². The van der Waals surface area contributed by atoms with E-state index in [0.29, 0.717) is 0 Å². The van der Waals surface area contributed by atoms with E-state index in [9.17, 15) is 0 Å². The van der Waals surface area contributed by atoms with Gasteiger partial charge in [0.05, 0.1) is 22.4 Å². The van der Waals surface area contributed by atoms with Crippen LogP contribution >= 0.6 is 15.9 Å². The van der Waals surface area contributed by atoms with Crippen LogP contribution in [0.4, 0.5) is 11.4 Å². The summed E-state index contributed by atoms with van der Waals surface area (Å²) in [6, 6.07) is 8.03. The highest BCUT2D eigenvalue weighted by molar-refractivity contribution is 9.10. The Morgan fingerprint density at radius 1 is 1.19 bits per heavy atom. The minimum Gasteiger partial charge on any atom is -0.399 e. The van der Waals surface area contributed by atoms with Crippen molar-refractivity contribution >= 4 is 27.3 Å². The van der Waals surface area contributed by atoms with Crippen molar-refractivity contribution in [2.75, 3.05) is 17.2 Å². The van der Waals surface area contributed by atoms with E-state index in [2.05, 4.69) is 63.5 Å². The van der Waals surface area contributed by atoms with Gasteiger partial charge in [0, 0.05) is 24.5 Å². The number of aromatic nitrogens is 2. The highest BCUT2D eigenvalue weighted by Crippen LogP contribution is 2.26. The Hall–Kier alpha value is -1.49. The van der Waals surface area contributed by atoms with Crippen molar-refractivity contribution in [1.82, 2.24) is 9.78 Å². The molecule has 2 rings (SSSR count). The number of hydrogen-bond acceptors (Lipinski definition) is 3. The van der Waals surface area contributed by atoms with Crippen LogP contribution in [0.25, 0.3) is 0 Å². The Bertz CT molecular complexity index is 589. The third kappa shape index (κ3) is 3.40. The fraction of sp³-hybridized carbons (Fsp3) is 0.438. The van der Waals surface area contributed by atoms with E-state index in [1.165, 1.54) is 11.4 Å². The van der Waals surface area contributed by atoms with E-state index >= 15 is 0 Å². The van der Waals surface area contributed by atoms with Crippen LogP contribution < -0.4 is 10.6 Å². The molecule has 0 saturated heterocycles. The Balaban J connectivity index is 2.30. The molecule has 0 saturated carbocycles. The predicted octanol–water partition coefficient (Wildman–Crippen LogP) is 3.84. The molecule has 0 spiro atoms. The Morgan fingerprint density at radius 3 is 2.38 bits per heavy atom. The topological polar surface area (TPSA) is 47.1 Å². The number of nitrogens with two attached hydrogens (primary N) is 1. The van der Waals surface area contributed by atoms with Gasteiger partial charge in [-0.2, -0.15) is 5.10 Å². The van der Waals surface area contributed by atoms with Gasteiger partial charge in [0.25, 0.3) is 0 Å². The number of benzene rings is 1. The summed E-state index contributed by atoms with van der Waals surface area (Å²) in [5, 5.41) is 4.66. The van der Waals surface area contributed by atoms with Gasteiger partial charge < -0.3 is 10.6 Å². The van der Waals surface area contributed by atoms with Crippen LogP contribution in [0.15, 0.2) is 28.7 Å². The second kappa shape index (κ2) is 6.98. The highest BCUT2D eigenvalue weighted by atomic mass is 79.9. The van der Waals surface area contributed by atoms with Gasteiger partial charge in [-0.15, -0.1) is 0 Å². The lowest BCUT2D eigenvalue weighted by Gasteiger charge is -2.24. The normalized spacial score (nSPS) is 10.9. The molecule has 4 nitrogen and oxygen atoms in total. The number of anilines is 2. The molecule has 0 aliphatic rings. The summed E-state index contributed by atoms with van der Waals surface area (Å²) in [6.45, 7) is 9.08. The molecule has 0 fully saturated rings. The lowest BCUT2D eigenvalue weighted by Crippen LogP contribution is -2.24. The van der Waals surface area contributed by atoms with Crippen LogP contribution in [0.5, 0.6) is 0 Å². The average molecular weight is 351 g/mol. The minimum atomic E-state index is 0.794. The Morgan fingerprint density at radius 2 is 1.86 bits per heavy atom. The van der Waals surface area contributed by atoms with Crippen LogP contribution in [0.3, 0.4) is 0 Å². The standard InChI is InChI=1S/C16H23BrN4/c1-4-14-16(17)15(21(6-3)19-14)11-20(5-2)13-9-7-12(18)8-10-13/h7-10H,4-6,11,18H2,1-3H3. The summed E-state index contributed by atoms with van der Waals surface area (Å²) in [7, 11) is 0. The number of rotatable bonds is 6. The van der Waals surface area contributed by atoms with E-state index < -0.39 is 0 Å². The first-order valence-corrected chi connectivity index (χ1v) is 8.24. The first-order chi connectivity index (χ1) is 10.1. The predicted molar refractivity (Wildman–Crippen MR) is 92.6 cm³/mol. The molecule has 1 heterocycles. The molecule has 21 heavy (non-hydrogen) atoms. The van der Waals surface area contributed by atoms with Gasteiger partial charge in [-0.25, -0.2) is 0 Å². The molecule has 114 valence electrons. The SMILES string of the molecule is CCc1nn(CC)c(CN(CC)c2ccc(N)cc2)c1Br. The number of nitrogens with zero attached hydrogens (tertiary/aromatic N) is 3. The van der Waals surface area contributed by atoms with Crippen molar-refractivity contribution in [3.63, 3.8) is 0 Å². The van der Waals surface area contributed by atoms with Crippen molar-refractivity contribution in [3.8, 4) is 0 Å². The van der Waals surface area contributed by atoms with Crippen LogP contribution in [-0.2, 0) is 19.5 Å². The molecular weight excluding hydrogens is 328 g/mol. The minimum absolute atomic E-state index is 0.794. The fourth-order valence-electron chi connectivity index (χ4n) is 2.42. The largest absolute Gasteiger partial charge is 0.399 e. The zero-order chi connectivity index (χ0) is 15.4. The third-order valence-corrected chi connectivity index (χ3v) is 4.59. The smallest absolute Gasteiger partial charge is 0.0767 e. The molecule has 0 aliphatic carbocycles. The molecule has 0 amide bonds. The van der Waals surface area contributed by atoms with Gasteiger partial charge in [0.15, 0.2) is 0 Å². The summed E-state index contributed by atoms with van der Waals surface area (Å²) in [6.07, 6.45) is 0.939. The van der Waals surface area contributed by atoms with E-state index in [4.69, 9.17) is 5.73 Å². The zero-order valence-corrected chi connectivity index (χ0v) is 14.5. The van der Waals surface area contributed by atoms with Crippen molar-refractivity contribution in [1.29, 1.82) is 0 Å². The van der Waals surface area contributed by atoms with Crippen molar-refractivity contribution in [2.24, 2.45) is 0 Å². The monoisotopic (exact) mass is 350 g/mol. The third-order valence-electron chi connectivity index (χ3n) is 3.67. The van der Waals surface area contributed by atoms with E-state index in [1.807, 2.05) is 12.1 Å². The molecule has 0 bridgehead atoms. The van der Waals surface area contributed by atoms with Gasteiger partial charge in [-0.1, -0.05) is 6.92 Å². The maximum Gasteiger partial charge on any atom is 0.0767 e. The molecule has 0 unspecified atom stereocenters. The molecular formula is C16H23BrN4. The number of aryl methyl sites for hydroxylation is 2. The van der Waals surface area contributed by atoms with Crippen LogP contribution in [0.2, 0.25) is 0 Å². The summed E-state index contributed by atoms with van der Waals surface area (Å²) in [5.74, 6) is 0. The van der Waals surface area contributed by atoms with Gasteiger partial charge in [0.2, 0.25) is 0 Å². The van der Waals surface area contributed by atoms with Crippen LogP contribution in [-0.4, -0.2) is 16.3 Å². The Kier molecular flexibility index (Phi) is 5.28. The van der Waals surface area contributed by atoms with Gasteiger partial charge >= 0.3 is 0 Å². The molecule has 2 aromatic rings. The average Bonchev–Trinajstić information content (AvgIpc) is 2.81. The Labute approximate surface area is 135 Å². The molecule has 5 heteroatoms. The quantitative estimate of drug-likeness (QED) is 0.805. The van der Waals surface area contributed by atoms with Gasteiger partial charge in [-0.3, -0.25) is 4.68 Å². The second-order valence-electron chi connectivity index (χ2n) is 4.98. The lowest BCUT2D eigenvalue weighted by molar-refractivity contribution is 0.604. The zero-order valence-electron chi connectivity index (χ0n) is 12.9. The highest BCUT2D eigenvalue weighted by Gasteiger charge is 2.16. The molecule has 1 aromatic heterocycles. The van der Waals surface area contributed by atoms with Crippen molar-refractivity contribution in [3.05, 3.63) is 40.1 Å². The summed E-state index contributed by atoms with van der Waals surface area (Å²) in [4.78, 5) is 2.33. The number of halogens is 1. The second-order valence-corrected chi connectivity index (χ2v) is 5.78. The molecule has 0 aliphatic heterocycles. The van der Waals surface area contributed by atoms with Gasteiger partial charge in [-0.05, 0) is 60.5 Å². The number of nitrogen functional groups attached to an aromatic ring is 1. The summed E-state index contributed by atoms with van der Waals surface area (Å²) < 4.78 is 3.23. The van der Waals surface area contributed by atoms with Crippen molar-refractivity contribution in [2.45, 2.75) is 40.3 Å². The van der Waals surface area contributed by atoms with Gasteiger partial charge in [0.1, 0.15) is 0 Å². The molecule has 0 radical (unpaired) electrons. The molecule has 0 atom stereocenters. The van der Waals surface area contributed by atoms with Crippen molar-refractivity contribution < 1.29 is 0 Å². The van der Waals surface area contributed by atoms with E-state index in [-0.39, 0.29) is 0 Å². The maximum atomic E-state index is 5.77. The molecule has 2 N–H and O–H groups in total. The summed E-state index contributed by atoms with van der Waals surface area (Å²) in [5.41, 5.74) is 10.1.